The van der Waals surface area contributed by atoms with Crippen LogP contribution in [0.5, 0.6) is 0 Å². The van der Waals surface area contributed by atoms with Crippen molar-refractivity contribution in [3.05, 3.63) is 0 Å². The van der Waals surface area contributed by atoms with Crippen LogP contribution in [0, 0.1) is 0 Å². The Morgan fingerprint density at radius 3 is 1.57 bits per heavy atom. The van der Waals surface area contributed by atoms with Crippen molar-refractivity contribution in [2.45, 2.75) is 77.6 Å². The summed E-state index contributed by atoms with van der Waals surface area (Å²) in [5.74, 6) is 0. The van der Waals surface area contributed by atoms with Gasteiger partial charge in [0.25, 0.3) is 0 Å². The molecule has 6 nitrogen and oxygen atoms in total. The highest BCUT2D eigenvalue weighted by Gasteiger charge is 2.43. The monoisotopic (exact) mass is 345 g/mol. The minimum absolute atomic E-state index is 0.0882. The molecular weight excluding hydrogens is 314 g/mol. The molecule has 0 saturated heterocycles. The molecule has 0 aromatic rings. The normalized spacial score (nSPS) is 12.8. The third-order valence-corrected chi connectivity index (χ3v) is 6.09. The second-order valence-electron chi connectivity index (χ2n) is 5.50. The lowest BCUT2D eigenvalue weighted by molar-refractivity contribution is 0.246. The largest absolute Gasteiger partial charge is 0.508 e. The van der Waals surface area contributed by atoms with E-state index in [0.717, 1.165) is 19.3 Å². The third-order valence-electron chi connectivity index (χ3n) is 3.29. The minimum atomic E-state index is -4.82. The highest BCUT2D eigenvalue weighted by molar-refractivity contribution is 7.68. The van der Waals surface area contributed by atoms with Gasteiger partial charge in [-0.05, 0) is 12.8 Å². The molecule has 0 aliphatic carbocycles. The van der Waals surface area contributed by atoms with Gasteiger partial charge in [0.1, 0.15) is 6.16 Å². The number of hydrogen-bond acceptors (Lipinski definition) is 4. The highest BCUT2D eigenvalue weighted by Crippen LogP contribution is 2.63. The fraction of sp³-hybridized carbons (Fsp3) is 1.00. The first kappa shape index (κ1) is 21.5. The van der Waals surface area contributed by atoms with Gasteiger partial charge >= 0.3 is 15.8 Å². The lowest BCUT2D eigenvalue weighted by Crippen LogP contribution is -2.00. The predicted octanol–water partition coefficient (Wildman–Crippen LogP) is 4.15. The van der Waals surface area contributed by atoms with Gasteiger partial charge in [-0.3, -0.25) is 0 Å². The third kappa shape index (κ3) is 16.7. The Kier molecular flexibility index (Phi) is 12.2. The van der Waals surface area contributed by atoms with Gasteiger partial charge in [-0.2, -0.15) is 9.79 Å². The molecular formula is C13H31O6P2+. The molecule has 0 bridgehead atoms. The van der Waals surface area contributed by atoms with E-state index in [1.807, 2.05) is 0 Å². The summed E-state index contributed by atoms with van der Waals surface area (Å²) in [7, 11) is -8.72. The van der Waals surface area contributed by atoms with Crippen molar-refractivity contribution in [1.82, 2.24) is 0 Å². The molecule has 0 aromatic carbocycles. The number of hydrogen-bond donors (Lipinski definition) is 4. The van der Waals surface area contributed by atoms with Gasteiger partial charge in [0.2, 0.25) is 0 Å². The summed E-state index contributed by atoms with van der Waals surface area (Å²) >= 11 is 0. The molecule has 0 unspecified atom stereocenters. The average Bonchev–Trinajstić information content (AvgIpc) is 2.33. The zero-order valence-electron chi connectivity index (χ0n) is 13.0. The molecule has 0 aliphatic heterocycles. The maximum atomic E-state index is 10.5. The first-order valence-electron chi connectivity index (χ1n) is 7.87. The molecule has 0 aliphatic rings. The highest BCUT2D eigenvalue weighted by atomic mass is 31.3. The zero-order chi connectivity index (χ0) is 16.2. The van der Waals surface area contributed by atoms with E-state index < -0.39 is 15.8 Å². The van der Waals surface area contributed by atoms with Gasteiger partial charge in [-0.15, -0.1) is 0 Å². The van der Waals surface area contributed by atoms with Crippen LogP contribution in [0.4, 0.5) is 0 Å². The van der Waals surface area contributed by atoms with Gasteiger partial charge in [0.05, 0.1) is 0 Å². The Morgan fingerprint density at radius 2 is 1.19 bits per heavy atom. The summed E-state index contributed by atoms with van der Waals surface area (Å²) in [6.45, 7) is 2.21. The second-order valence-corrected chi connectivity index (χ2v) is 8.91. The maximum absolute atomic E-state index is 10.5. The molecule has 0 heterocycles. The SMILES string of the molecule is CCCCCCCCCCCCC[P+](O)(O)OP(=O)(O)O. The quantitative estimate of drug-likeness (QED) is 0.278. The Hall–Kier alpha value is 0.460. The Labute approximate surface area is 128 Å². The molecule has 8 heteroatoms. The van der Waals surface area contributed by atoms with Gasteiger partial charge in [-0.1, -0.05) is 69.0 Å². The van der Waals surface area contributed by atoms with Gasteiger partial charge in [0.15, 0.2) is 0 Å². The Morgan fingerprint density at radius 1 is 0.810 bits per heavy atom. The predicted molar refractivity (Wildman–Crippen MR) is 85.8 cm³/mol. The first-order valence-corrected chi connectivity index (χ1v) is 11.2. The van der Waals surface area contributed by atoms with Crippen molar-refractivity contribution in [3.8, 4) is 0 Å². The number of rotatable bonds is 14. The summed E-state index contributed by atoms with van der Waals surface area (Å²) in [5.41, 5.74) is 0. The van der Waals surface area contributed by atoms with E-state index in [1.165, 1.54) is 44.9 Å². The zero-order valence-corrected chi connectivity index (χ0v) is 14.8. The van der Waals surface area contributed by atoms with Crippen LogP contribution >= 0.6 is 15.8 Å². The van der Waals surface area contributed by atoms with Crippen molar-refractivity contribution in [3.63, 3.8) is 0 Å². The van der Waals surface area contributed by atoms with Crippen molar-refractivity contribution < 1.29 is 28.4 Å². The van der Waals surface area contributed by atoms with Crippen molar-refractivity contribution >= 4 is 15.8 Å². The van der Waals surface area contributed by atoms with Crippen molar-refractivity contribution in [2.24, 2.45) is 0 Å². The molecule has 0 saturated carbocycles. The van der Waals surface area contributed by atoms with Crippen LogP contribution in [0.15, 0.2) is 0 Å². The van der Waals surface area contributed by atoms with Crippen LogP contribution in [0.1, 0.15) is 77.6 Å². The van der Waals surface area contributed by atoms with Crippen LogP contribution in [-0.2, 0) is 8.88 Å². The van der Waals surface area contributed by atoms with E-state index in [1.54, 1.807) is 0 Å². The van der Waals surface area contributed by atoms with Gasteiger partial charge < -0.3 is 9.79 Å². The molecule has 0 amide bonds. The van der Waals surface area contributed by atoms with Gasteiger partial charge in [0, 0.05) is 0 Å². The van der Waals surface area contributed by atoms with E-state index in [-0.39, 0.29) is 6.16 Å². The summed E-state index contributed by atoms with van der Waals surface area (Å²) in [6, 6.07) is 0. The smallest absolute Gasteiger partial charge is 0.300 e. The lowest BCUT2D eigenvalue weighted by atomic mass is 10.1. The van der Waals surface area contributed by atoms with Crippen LogP contribution in [0.2, 0.25) is 0 Å². The van der Waals surface area contributed by atoms with Crippen LogP contribution in [-0.4, -0.2) is 25.7 Å². The molecule has 0 aromatic heterocycles. The van der Waals surface area contributed by atoms with E-state index >= 15 is 0 Å². The Bertz CT molecular complexity index is 292. The van der Waals surface area contributed by atoms with E-state index in [0.29, 0.717) is 6.42 Å². The topological polar surface area (TPSA) is 107 Å². The summed E-state index contributed by atoms with van der Waals surface area (Å²) in [5, 5.41) is 0. The molecule has 4 N–H and O–H groups in total. The molecule has 0 fully saturated rings. The number of unbranched alkanes of at least 4 members (excludes halogenated alkanes) is 10. The number of phosphoric acid groups is 1. The van der Waals surface area contributed by atoms with Crippen LogP contribution < -0.4 is 0 Å². The second kappa shape index (κ2) is 12.0. The lowest BCUT2D eigenvalue weighted by Gasteiger charge is -2.11. The van der Waals surface area contributed by atoms with Crippen LogP contribution in [0.3, 0.4) is 0 Å². The molecule has 0 spiro atoms. The molecule has 0 radical (unpaired) electrons. The fourth-order valence-electron chi connectivity index (χ4n) is 2.19. The summed E-state index contributed by atoms with van der Waals surface area (Å²) in [6.07, 6.45) is 12.3. The molecule has 128 valence electrons. The van der Waals surface area contributed by atoms with E-state index in [4.69, 9.17) is 9.79 Å². The molecule has 21 heavy (non-hydrogen) atoms. The van der Waals surface area contributed by atoms with E-state index in [9.17, 15) is 14.4 Å². The van der Waals surface area contributed by atoms with Crippen molar-refractivity contribution in [2.75, 3.05) is 6.16 Å². The maximum Gasteiger partial charge on any atom is 0.508 e. The first-order chi connectivity index (χ1) is 9.77. The average molecular weight is 345 g/mol. The van der Waals surface area contributed by atoms with Crippen molar-refractivity contribution in [1.29, 1.82) is 0 Å². The Balaban J connectivity index is 3.38. The minimum Gasteiger partial charge on any atom is -0.300 e. The summed E-state index contributed by atoms with van der Waals surface area (Å²) in [4.78, 5) is 35.7. The van der Waals surface area contributed by atoms with E-state index in [2.05, 4.69) is 11.2 Å². The van der Waals surface area contributed by atoms with Crippen LogP contribution in [0.25, 0.3) is 0 Å². The molecule has 0 atom stereocenters. The molecule has 0 rings (SSSR count). The fourth-order valence-corrected chi connectivity index (χ4v) is 4.52. The standard InChI is InChI=1S/C13H30O6P2/c1-2-3-4-5-6-7-8-9-10-11-12-13-20(14,15)19-21(16,17)18/h14-15H,2-13H2,1H3,(H-,16,17,18)/p+1. The summed E-state index contributed by atoms with van der Waals surface area (Å²) < 4.78 is 14.5. The van der Waals surface area contributed by atoms with Gasteiger partial charge in [-0.25, -0.2) is 4.57 Å².